The SMILES string of the molecule is CCC1CCC(O)(CNCC(O)CC(=O)O)CC1. The van der Waals surface area contributed by atoms with Crippen molar-refractivity contribution in [1.29, 1.82) is 0 Å². The molecule has 5 heteroatoms. The minimum Gasteiger partial charge on any atom is -0.481 e. The fourth-order valence-electron chi connectivity index (χ4n) is 2.55. The monoisotopic (exact) mass is 259 g/mol. The minimum absolute atomic E-state index is 0.214. The van der Waals surface area contributed by atoms with Gasteiger partial charge < -0.3 is 20.6 Å². The van der Waals surface area contributed by atoms with E-state index in [1.165, 1.54) is 6.42 Å². The second kappa shape index (κ2) is 7.07. The molecule has 5 nitrogen and oxygen atoms in total. The summed E-state index contributed by atoms with van der Waals surface area (Å²) in [4.78, 5) is 10.4. The summed E-state index contributed by atoms with van der Waals surface area (Å²) in [5.74, 6) is -0.283. The van der Waals surface area contributed by atoms with Crippen LogP contribution in [0.2, 0.25) is 0 Å². The van der Waals surface area contributed by atoms with Gasteiger partial charge in [-0.3, -0.25) is 4.79 Å². The molecule has 0 aromatic heterocycles. The summed E-state index contributed by atoms with van der Waals surface area (Å²) in [5.41, 5.74) is -0.686. The van der Waals surface area contributed by atoms with Gasteiger partial charge in [0.15, 0.2) is 0 Å². The Hall–Kier alpha value is -0.650. The number of rotatable bonds is 7. The first kappa shape index (κ1) is 15.4. The molecule has 4 N–H and O–H groups in total. The molecule has 1 saturated carbocycles. The molecule has 0 amide bonds. The van der Waals surface area contributed by atoms with Crippen LogP contribution in [0.5, 0.6) is 0 Å². The molecule has 0 bridgehead atoms. The summed E-state index contributed by atoms with van der Waals surface area (Å²) in [6, 6.07) is 0. The van der Waals surface area contributed by atoms with Crippen molar-refractivity contribution in [3.05, 3.63) is 0 Å². The molecule has 1 rings (SSSR count). The third kappa shape index (κ3) is 5.33. The lowest BCUT2D eigenvalue weighted by molar-refractivity contribution is -0.139. The fourth-order valence-corrected chi connectivity index (χ4v) is 2.55. The van der Waals surface area contributed by atoms with Crippen LogP contribution in [-0.4, -0.2) is 46.1 Å². The molecule has 0 heterocycles. The largest absolute Gasteiger partial charge is 0.481 e. The van der Waals surface area contributed by atoms with Crippen LogP contribution < -0.4 is 5.32 Å². The first-order valence-electron chi connectivity index (χ1n) is 6.78. The first-order chi connectivity index (χ1) is 8.45. The normalized spacial score (nSPS) is 30.1. The van der Waals surface area contributed by atoms with E-state index in [-0.39, 0.29) is 13.0 Å². The predicted molar refractivity (Wildman–Crippen MR) is 68.3 cm³/mol. The van der Waals surface area contributed by atoms with Crippen molar-refractivity contribution in [2.24, 2.45) is 5.92 Å². The van der Waals surface area contributed by atoms with Crippen LogP contribution in [0.4, 0.5) is 0 Å². The van der Waals surface area contributed by atoms with Crippen LogP contribution in [0, 0.1) is 5.92 Å². The molecule has 1 unspecified atom stereocenters. The van der Waals surface area contributed by atoms with Gasteiger partial charge in [-0.1, -0.05) is 13.3 Å². The molecular formula is C13H25NO4. The minimum atomic E-state index is -1.01. The van der Waals surface area contributed by atoms with Gasteiger partial charge in [0.1, 0.15) is 0 Å². The lowest BCUT2D eigenvalue weighted by Crippen LogP contribution is -2.45. The Kier molecular flexibility index (Phi) is 6.05. The Bertz CT molecular complexity index is 262. The zero-order valence-electron chi connectivity index (χ0n) is 11.1. The summed E-state index contributed by atoms with van der Waals surface area (Å²) in [7, 11) is 0. The molecule has 0 radical (unpaired) electrons. The van der Waals surface area contributed by atoms with Crippen molar-refractivity contribution >= 4 is 5.97 Å². The lowest BCUT2D eigenvalue weighted by atomic mass is 9.78. The smallest absolute Gasteiger partial charge is 0.306 e. The van der Waals surface area contributed by atoms with Gasteiger partial charge in [0.25, 0.3) is 0 Å². The van der Waals surface area contributed by atoms with Gasteiger partial charge in [-0.15, -0.1) is 0 Å². The molecule has 0 aliphatic heterocycles. The number of hydrogen-bond donors (Lipinski definition) is 4. The highest BCUT2D eigenvalue weighted by Gasteiger charge is 2.32. The zero-order valence-corrected chi connectivity index (χ0v) is 11.1. The van der Waals surface area contributed by atoms with Crippen molar-refractivity contribution in [2.45, 2.75) is 57.2 Å². The topological polar surface area (TPSA) is 89.8 Å². The molecule has 0 aromatic carbocycles. The lowest BCUT2D eigenvalue weighted by Gasteiger charge is -2.36. The second-order valence-corrected chi connectivity index (χ2v) is 5.46. The van der Waals surface area contributed by atoms with Crippen LogP contribution in [0.25, 0.3) is 0 Å². The van der Waals surface area contributed by atoms with Gasteiger partial charge in [-0.05, 0) is 31.6 Å². The number of hydrogen-bond acceptors (Lipinski definition) is 4. The predicted octanol–water partition coefficient (Wildman–Crippen LogP) is 0.743. The number of aliphatic carboxylic acids is 1. The Morgan fingerprint density at radius 2 is 2.06 bits per heavy atom. The van der Waals surface area contributed by atoms with E-state index in [0.29, 0.717) is 6.54 Å². The van der Waals surface area contributed by atoms with E-state index in [9.17, 15) is 15.0 Å². The molecule has 1 aliphatic carbocycles. The van der Waals surface area contributed by atoms with Gasteiger partial charge in [0.05, 0.1) is 18.1 Å². The summed E-state index contributed by atoms with van der Waals surface area (Å²) in [6.07, 6.45) is 3.68. The van der Waals surface area contributed by atoms with Crippen molar-refractivity contribution in [3.8, 4) is 0 Å². The van der Waals surface area contributed by atoms with Crippen molar-refractivity contribution < 1.29 is 20.1 Å². The number of aliphatic hydroxyl groups excluding tert-OH is 1. The number of nitrogens with one attached hydrogen (secondary N) is 1. The second-order valence-electron chi connectivity index (χ2n) is 5.46. The molecule has 18 heavy (non-hydrogen) atoms. The number of carboxylic acids is 1. The summed E-state index contributed by atoms with van der Waals surface area (Å²) < 4.78 is 0. The third-order valence-corrected chi connectivity index (χ3v) is 3.86. The van der Waals surface area contributed by atoms with Crippen molar-refractivity contribution in [2.75, 3.05) is 13.1 Å². The van der Waals surface area contributed by atoms with Gasteiger partial charge >= 0.3 is 5.97 Å². The molecule has 1 atom stereocenters. The average molecular weight is 259 g/mol. The van der Waals surface area contributed by atoms with Crippen LogP contribution in [0.1, 0.15) is 45.4 Å². The molecule has 0 aromatic rings. The molecular weight excluding hydrogens is 234 g/mol. The van der Waals surface area contributed by atoms with Gasteiger partial charge in [-0.25, -0.2) is 0 Å². The Labute approximate surface area is 108 Å². The van der Waals surface area contributed by atoms with E-state index in [1.807, 2.05) is 0 Å². The van der Waals surface area contributed by atoms with Gasteiger partial charge in [-0.2, -0.15) is 0 Å². The fraction of sp³-hybridized carbons (Fsp3) is 0.923. The third-order valence-electron chi connectivity index (χ3n) is 3.86. The Morgan fingerprint density at radius 3 is 2.56 bits per heavy atom. The number of carbonyl (C=O) groups is 1. The highest BCUT2D eigenvalue weighted by Crippen LogP contribution is 2.33. The number of aliphatic hydroxyl groups is 2. The quantitative estimate of drug-likeness (QED) is 0.541. The van der Waals surface area contributed by atoms with Crippen LogP contribution >= 0.6 is 0 Å². The van der Waals surface area contributed by atoms with E-state index in [4.69, 9.17) is 5.11 Å². The highest BCUT2D eigenvalue weighted by atomic mass is 16.4. The summed E-state index contributed by atoms with van der Waals surface area (Å²) in [5, 5.41) is 31.2. The van der Waals surface area contributed by atoms with E-state index in [2.05, 4.69) is 12.2 Å². The maximum absolute atomic E-state index is 10.4. The van der Waals surface area contributed by atoms with E-state index >= 15 is 0 Å². The first-order valence-corrected chi connectivity index (χ1v) is 6.78. The van der Waals surface area contributed by atoms with Crippen molar-refractivity contribution in [3.63, 3.8) is 0 Å². The maximum atomic E-state index is 10.4. The standard InChI is InChI=1S/C13H25NO4/c1-2-10-3-5-13(18,6-4-10)9-14-8-11(15)7-12(16)17/h10-11,14-15,18H,2-9H2,1H3,(H,16,17). The summed E-state index contributed by atoms with van der Waals surface area (Å²) >= 11 is 0. The summed E-state index contributed by atoms with van der Waals surface area (Å²) in [6.45, 7) is 2.82. The zero-order chi connectivity index (χ0) is 13.6. The van der Waals surface area contributed by atoms with Crippen LogP contribution in [0.3, 0.4) is 0 Å². The van der Waals surface area contributed by atoms with Gasteiger partial charge in [0, 0.05) is 13.1 Å². The van der Waals surface area contributed by atoms with E-state index in [0.717, 1.165) is 31.6 Å². The molecule has 106 valence electrons. The highest BCUT2D eigenvalue weighted by molar-refractivity contribution is 5.67. The molecule has 1 fully saturated rings. The molecule has 0 saturated heterocycles. The number of carboxylic acid groups (broad SMARTS) is 1. The average Bonchev–Trinajstić information content (AvgIpc) is 2.29. The molecule has 1 aliphatic rings. The van der Waals surface area contributed by atoms with Crippen LogP contribution in [-0.2, 0) is 4.79 Å². The van der Waals surface area contributed by atoms with Crippen LogP contribution in [0.15, 0.2) is 0 Å². The van der Waals surface area contributed by atoms with E-state index in [1.54, 1.807) is 0 Å². The van der Waals surface area contributed by atoms with E-state index < -0.39 is 17.7 Å². The van der Waals surface area contributed by atoms with Gasteiger partial charge in [0.2, 0.25) is 0 Å². The Balaban J connectivity index is 2.20. The molecule has 0 spiro atoms. The van der Waals surface area contributed by atoms with Crippen molar-refractivity contribution in [1.82, 2.24) is 5.32 Å². The maximum Gasteiger partial charge on any atom is 0.306 e. The Morgan fingerprint density at radius 1 is 1.44 bits per heavy atom.